The van der Waals surface area contributed by atoms with Crippen LogP contribution in [0.1, 0.15) is 126 Å². The van der Waals surface area contributed by atoms with Crippen molar-refractivity contribution in [1.29, 1.82) is 0 Å². The average molecular weight is 695 g/mol. The van der Waals surface area contributed by atoms with Crippen molar-refractivity contribution in [2.75, 3.05) is 0 Å². The van der Waals surface area contributed by atoms with Crippen LogP contribution in [0.2, 0.25) is 0 Å². The zero-order valence-electron chi connectivity index (χ0n) is 29.7. The number of benzene rings is 5. The first-order valence-electron chi connectivity index (χ1n) is 18.7. The van der Waals surface area contributed by atoms with Crippen molar-refractivity contribution in [1.82, 2.24) is 14.9 Å². The number of allylic oxidation sites excluding steroid dienone is 1. The number of carbonyl (C=O) groups is 5. The van der Waals surface area contributed by atoms with Gasteiger partial charge in [0.1, 0.15) is 0 Å². The third kappa shape index (κ3) is 5.08. The molecule has 8 rings (SSSR count). The average Bonchev–Trinajstić information content (AvgIpc) is 3.15. The van der Waals surface area contributed by atoms with Crippen LogP contribution in [0.15, 0.2) is 72.6 Å². The van der Waals surface area contributed by atoms with Crippen molar-refractivity contribution in [3.05, 3.63) is 94.8 Å². The van der Waals surface area contributed by atoms with Gasteiger partial charge in [-0.05, 0) is 75.8 Å². The Balaban J connectivity index is 1.24. The van der Waals surface area contributed by atoms with Crippen LogP contribution in [-0.2, 0) is 4.79 Å². The molecule has 0 spiro atoms. The number of hydrazine groups is 1. The van der Waals surface area contributed by atoms with Gasteiger partial charge in [0.2, 0.25) is 5.91 Å². The Kier molecular flexibility index (Phi) is 8.52. The SMILES string of the molecule is CCCCCCC(CCCCCC)N1C(=O)c2ccc3c4ccc5c6c(ccc(c7ccc(c2c37)C1=O)c64)C(=O)N(N1C=CCC(C(N)=O)=C1)C5=O. The Bertz CT molecular complexity index is 2280. The molecule has 3 heterocycles. The van der Waals surface area contributed by atoms with Crippen LogP contribution in [-0.4, -0.2) is 50.5 Å². The van der Waals surface area contributed by atoms with Gasteiger partial charge in [0.25, 0.3) is 23.6 Å². The molecule has 0 aromatic heterocycles. The van der Waals surface area contributed by atoms with E-state index in [9.17, 15) is 24.0 Å². The van der Waals surface area contributed by atoms with Gasteiger partial charge in [-0.3, -0.25) is 33.9 Å². The minimum absolute atomic E-state index is 0.144. The maximum atomic E-state index is 14.4. The summed E-state index contributed by atoms with van der Waals surface area (Å²) >= 11 is 0. The Hall–Kier alpha value is -5.57. The zero-order valence-corrected chi connectivity index (χ0v) is 29.7. The van der Waals surface area contributed by atoms with Gasteiger partial charge in [-0.25, -0.2) is 0 Å². The number of hydrogen-bond donors (Lipinski definition) is 1. The highest BCUT2D eigenvalue weighted by atomic mass is 16.2. The van der Waals surface area contributed by atoms with E-state index in [1.54, 1.807) is 29.3 Å². The zero-order chi connectivity index (χ0) is 36.3. The summed E-state index contributed by atoms with van der Waals surface area (Å²) in [6, 6.07) is 14.7. The fraction of sp³-hybridized carbons (Fsp3) is 0.326. The molecule has 0 unspecified atom stereocenters. The van der Waals surface area contributed by atoms with E-state index in [1.807, 2.05) is 36.4 Å². The summed E-state index contributed by atoms with van der Waals surface area (Å²) in [5, 5.41) is 8.59. The van der Waals surface area contributed by atoms with Crippen LogP contribution < -0.4 is 5.73 Å². The van der Waals surface area contributed by atoms with Gasteiger partial charge in [-0.1, -0.05) is 95.6 Å². The molecule has 0 saturated carbocycles. The quantitative estimate of drug-likeness (QED) is 0.0570. The fourth-order valence-corrected chi connectivity index (χ4v) is 8.66. The number of rotatable bonds is 13. The second kappa shape index (κ2) is 13.2. The number of hydrogen-bond acceptors (Lipinski definition) is 6. The van der Waals surface area contributed by atoms with Gasteiger partial charge in [-0.15, -0.1) is 0 Å². The third-order valence-corrected chi connectivity index (χ3v) is 11.2. The molecule has 0 aliphatic carbocycles. The number of fused-ring (bicyclic) bond motifs is 2. The van der Waals surface area contributed by atoms with Crippen molar-refractivity contribution >= 4 is 72.6 Å². The number of primary amides is 1. The lowest BCUT2D eigenvalue weighted by Gasteiger charge is -2.35. The minimum atomic E-state index is -0.621. The predicted molar refractivity (Wildman–Crippen MR) is 203 cm³/mol. The molecule has 264 valence electrons. The maximum absolute atomic E-state index is 14.4. The molecule has 9 heteroatoms. The largest absolute Gasteiger partial charge is 0.366 e. The van der Waals surface area contributed by atoms with Crippen molar-refractivity contribution in [2.45, 2.75) is 90.5 Å². The Morgan fingerprint density at radius 1 is 0.615 bits per heavy atom. The molecule has 2 N–H and O–H groups in total. The van der Waals surface area contributed by atoms with Crippen LogP contribution >= 0.6 is 0 Å². The molecule has 0 bridgehead atoms. The van der Waals surface area contributed by atoms with Crippen molar-refractivity contribution < 1.29 is 24.0 Å². The van der Waals surface area contributed by atoms with E-state index in [4.69, 9.17) is 5.73 Å². The second-order valence-corrected chi connectivity index (χ2v) is 14.4. The Morgan fingerprint density at radius 3 is 1.48 bits per heavy atom. The van der Waals surface area contributed by atoms with E-state index >= 15 is 0 Å². The lowest BCUT2D eigenvalue weighted by Crippen LogP contribution is -2.48. The van der Waals surface area contributed by atoms with E-state index in [-0.39, 0.29) is 23.4 Å². The topological polar surface area (TPSA) is 121 Å². The maximum Gasteiger partial charge on any atom is 0.280 e. The second-order valence-electron chi connectivity index (χ2n) is 14.4. The standard InChI is InChI=1S/C43H42N4O5/c1-3-5-7-9-13-26(14-10-8-6-4-2)46-40(49)31-19-15-27-29-17-21-33-38-34(43(52)47(42(33)51)45-23-11-12-25(24-45)39(44)48)22-18-30(36(29)38)28-16-20-32(41(46)50)37(31)35(27)28/h11,15-24,26H,3-10,12-14H2,1-2H3,(H2,44,48). The molecule has 3 aliphatic heterocycles. The molecule has 5 aromatic rings. The number of nitrogens with zero attached hydrogens (tertiary/aromatic N) is 3. The van der Waals surface area contributed by atoms with E-state index in [0.717, 1.165) is 102 Å². The van der Waals surface area contributed by atoms with Crippen LogP contribution in [0.25, 0.3) is 43.1 Å². The molecule has 5 amide bonds. The number of unbranched alkanes of at least 4 members (excludes halogenated alkanes) is 6. The van der Waals surface area contributed by atoms with E-state index in [0.29, 0.717) is 39.4 Å². The molecular formula is C43H42N4O5. The molecule has 0 atom stereocenters. The van der Waals surface area contributed by atoms with Gasteiger partial charge < -0.3 is 5.73 Å². The monoisotopic (exact) mass is 694 g/mol. The summed E-state index contributed by atoms with van der Waals surface area (Å²) in [6.07, 6.45) is 15.3. The van der Waals surface area contributed by atoms with Crippen LogP contribution in [0.4, 0.5) is 0 Å². The van der Waals surface area contributed by atoms with Crippen molar-refractivity contribution in [3.8, 4) is 0 Å². The summed E-state index contributed by atoms with van der Waals surface area (Å²) in [5.74, 6) is -2.11. The van der Waals surface area contributed by atoms with E-state index < -0.39 is 17.7 Å². The Morgan fingerprint density at radius 2 is 1.06 bits per heavy atom. The summed E-state index contributed by atoms with van der Waals surface area (Å²) < 4.78 is 0. The fourth-order valence-electron chi connectivity index (χ4n) is 8.66. The van der Waals surface area contributed by atoms with Gasteiger partial charge in [0, 0.05) is 45.9 Å². The summed E-state index contributed by atoms with van der Waals surface area (Å²) in [4.78, 5) is 70.4. The van der Waals surface area contributed by atoms with Gasteiger partial charge >= 0.3 is 0 Å². The smallest absolute Gasteiger partial charge is 0.280 e. The molecule has 3 aliphatic rings. The van der Waals surface area contributed by atoms with Gasteiger partial charge in [-0.2, -0.15) is 5.01 Å². The lowest BCUT2D eigenvalue weighted by atomic mass is 9.82. The van der Waals surface area contributed by atoms with E-state index in [2.05, 4.69) is 13.8 Å². The van der Waals surface area contributed by atoms with E-state index in [1.165, 1.54) is 11.2 Å². The summed E-state index contributed by atoms with van der Waals surface area (Å²) in [7, 11) is 0. The molecular weight excluding hydrogens is 652 g/mol. The predicted octanol–water partition coefficient (Wildman–Crippen LogP) is 8.74. The molecule has 0 fully saturated rings. The normalized spacial score (nSPS) is 15.8. The van der Waals surface area contributed by atoms with Crippen molar-refractivity contribution in [2.24, 2.45) is 5.73 Å². The highest BCUT2D eigenvalue weighted by Gasteiger charge is 2.40. The third-order valence-electron chi connectivity index (χ3n) is 11.2. The van der Waals surface area contributed by atoms with Crippen molar-refractivity contribution in [3.63, 3.8) is 0 Å². The molecule has 52 heavy (non-hydrogen) atoms. The molecule has 9 nitrogen and oxygen atoms in total. The first-order chi connectivity index (χ1) is 25.3. The molecule has 0 saturated heterocycles. The number of amides is 5. The van der Waals surface area contributed by atoms with Gasteiger partial charge in [0.05, 0.1) is 11.1 Å². The molecule has 5 aromatic carbocycles. The number of nitrogens with two attached hydrogens (primary N) is 1. The highest BCUT2D eigenvalue weighted by Crippen LogP contribution is 2.47. The van der Waals surface area contributed by atoms with Crippen LogP contribution in [0.3, 0.4) is 0 Å². The van der Waals surface area contributed by atoms with Gasteiger partial charge in [0.15, 0.2) is 0 Å². The first kappa shape index (κ1) is 33.6. The lowest BCUT2D eigenvalue weighted by molar-refractivity contribution is -0.114. The first-order valence-corrected chi connectivity index (χ1v) is 18.7. The summed E-state index contributed by atoms with van der Waals surface area (Å²) in [6.45, 7) is 4.37. The number of imide groups is 2. The number of carbonyl (C=O) groups excluding carboxylic acids is 5. The highest BCUT2D eigenvalue weighted by molar-refractivity contribution is 6.41. The Labute approximate surface area is 302 Å². The summed E-state index contributed by atoms with van der Waals surface area (Å²) in [5.41, 5.74) is 7.60. The van der Waals surface area contributed by atoms with Crippen LogP contribution in [0, 0.1) is 0 Å². The minimum Gasteiger partial charge on any atom is -0.366 e. The van der Waals surface area contributed by atoms with Crippen LogP contribution in [0.5, 0.6) is 0 Å². The molecule has 0 radical (unpaired) electrons.